The minimum Gasteiger partial charge on any atom is -0.324 e. The second kappa shape index (κ2) is 5.29. The van der Waals surface area contributed by atoms with Gasteiger partial charge in [0, 0.05) is 25.0 Å². The van der Waals surface area contributed by atoms with Crippen molar-refractivity contribution in [2.75, 3.05) is 0 Å². The SMILES string of the molecule is Cn1nccc1CCC(N)c1csc(I)c1. The third-order valence-electron chi connectivity index (χ3n) is 2.65. The maximum absolute atomic E-state index is 6.15. The minimum absolute atomic E-state index is 0.134. The molecular weight excluding hydrogens is 333 g/mol. The van der Waals surface area contributed by atoms with Crippen LogP contribution in [0.25, 0.3) is 0 Å². The van der Waals surface area contributed by atoms with Gasteiger partial charge in [-0.1, -0.05) is 0 Å². The van der Waals surface area contributed by atoms with E-state index in [0.29, 0.717) is 0 Å². The number of aromatic nitrogens is 2. The van der Waals surface area contributed by atoms with Gasteiger partial charge >= 0.3 is 0 Å². The van der Waals surface area contributed by atoms with Crippen LogP contribution in [0.4, 0.5) is 0 Å². The Balaban J connectivity index is 1.93. The zero-order chi connectivity index (χ0) is 11.5. The van der Waals surface area contributed by atoms with Gasteiger partial charge in [0.05, 0.1) is 2.88 Å². The Hall–Kier alpha value is -0.400. The smallest absolute Gasteiger partial charge is 0.0656 e. The molecule has 86 valence electrons. The highest BCUT2D eigenvalue weighted by Gasteiger charge is 2.09. The molecule has 2 heterocycles. The molecule has 2 aromatic rings. The first kappa shape index (κ1) is 12.1. The van der Waals surface area contributed by atoms with Gasteiger partial charge in [-0.3, -0.25) is 4.68 Å². The molecule has 0 aliphatic carbocycles. The lowest BCUT2D eigenvalue weighted by Gasteiger charge is -2.09. The first-order valence-electron chi connectivity index (χ1n) is 5.13. The Kier molecular flexibility index (Phi) is 3.99. The van der Waals surface area contributed by atoms with E-state index in [9.17, 15) is 0 Å². The van der Waals surface area contributed by atoms with E-state index in [0.717, 1.165) is 12.8 Å². The summed E-state index contributed by atoms with van der Waals surface area (Å²) < 4.78 is 3.20. The molecule has 0 spiro atoms. The molecule has 0 fully saturated rings. The lowest BCUT2D eigenvalue weighted by molar-refractivity contribution is 0.615. The Morgan fingerprint density at radius 2 is 2.44 bits per heavy atom. The highest BCUT2D eigenvalue weighted by atomic mass is 127. The Morgan fingerprint density at radius 1 is 1.62 bits per heavy atom. The third kappa shape index (κ3) is 2.83. The van der Waals surface area contributed by atoms with Crippen LogP contribution >= 0.6 is 33.9 Å². The van der Waals surface area contributed by atoms with Crippen LogP contribution in [-0.4, -0.2) is 9.78 Å². The van der Waals surface area contributed by atoms with Crippen LogP contribution in [-0.2, 0) is 13.5 Å². The van der Waals surface area contributed by atoms with Crippen molar-refractivity contribution in [3.63, 3.8) is 0 Å². The lowest BCUT2D eigenvalue weighted by atomic mass is 10.1. The zero-order valence-electron chi connectivity index (χ0n) is 9.06. The highest BCUT2D eigenvalue weighted by Crippen LogP contribution is 2.23. The molecule has 0 aliphatic rings. The first-order valence-corrected chi connectivity index (χ1v) is 7.09. The number of thiophene rings is 1. The van der Waals surface area contributed by atoms with Crippen molar-refractivity contribution < 1.29 is 0 Å². The first-order chi connectivity index (χ1) is 7.66. The van der Waals surface area contributed by atoms with Crippen molar-refractivity contribution in [3.8, 4) is 0 Å². The maximum Gasteiger partial charge on any atom is 0.0656 e. The van der Waals surface area contributed by atoms with Crippen LogP contribution in [0.1, 0.15) is 23.7 Å². The van der Waals surface area contributed by atoms with Crippen LogP contribution in [0.15, 0.2) is 23.7 Å². The summed E-state index contributed by atoms with van der Waals surface area (Å²) in [5, 5.41) is 6.30. The molecular formula is C11H14IN3S. The average Bonchev–Trinajstić information content (AvgIpc) is 2.84. The van der Waals surface area contributed by atoms with E-state index in [1.54, 1.807) is 11.3 Å². The van der Waals surface area contributed by atoms with E-state index in [1.165, 1.54) is 14.1 Å². The van der Waals surface area contributed by atoms with Gasteiger partial charge in [0.25, 0.3) is 0 Å². The number of nitrogens with two attached hydrogens (primary N) is 1. The number of hydrogen-bond donors (Lipinski definition) is 1. The number of rotatable bonds is 4. The normalized spacial score (nSPS) is 12.9. The van der Waals surface area contributed by atoms with Crippen LogP contribution in [0.5, 0.6) is 0 Å². The predicted molar refractivity (Wildman–Crippen MR) is 75.5 cm³/mol. The molecule has 1 unspecified atom stereocenters. The van der Waals surface area contributed by atoms with Crippen molar-refractivity contribution in [1.29, 1.82) is 0 Å². The van der Waals surface area contributed by atoms with Crippen molar-refractivity contribution in [3.05, 3.63) is 37.9 Å². The van der Waals surface area contributed by atoms with Crippen molar-refractivity contribution in [2.45, 2.75) is 18.9 Å². The van der Waals surface area contributed by atoms with Crippen molar-refractivity contribution >= 4 is 33.9 Å². The molecule has 0 aromatic carbocycles. The predicted octanol–water partition coefficient (Wildman–Crippen LogP) is 2.72. The molecule has 2 aromatic heterocycles. The van der Waals surface area contributed by atoms with Crippen LogP contribution in [0.2, 0.25) is 0 Å². The molecule has 0 bridgehead atoms. The monoisotopic (exact) mass is 347 g/mol. The second-order valence-corrected chi connectivity index (χ2v) is 6.58. The largest absolute Gasteiger partial charge is 0.324 e. The molecule has 0 aliphatic heterocycles. The van der Waals surface area contributed by atoms with Crippen molar-refractivity contribution in [1.82, 2.24) is 9.78 Å². The fourth-order valence-electron chi connectivity index (χ4n) is 1.63. The van der Waals surface area contributed by atoms with Gasteiger partial charge in [0.2, 0.25) is 0 Å². The number of hydrogen-bond acceptors (Lipinski definition) is 3. The standard InChI is InChI=1S/C11H14IN3S/c1-15-9(4-5-14-15)2-3-10(13)8-6-11(12)16-7-8/h4-7,10H,2-3,13H2,1H3. The second-order valence-electron chi connectivity index (χ2n) is 3.78. The van der Waals surface area contributed by atoms with Gasteiger partial charge in [-0.2, -0.15) is 5.10 Å². The third-order valence-corrected chi connectivity index (χ3v) is 4.46. The van der Waals surface area contributed by atoms with E-state index >= 15 is 0 Å². The van der Waals surface area contributed by atoms with Crippen LogP contribution < -0.4 is 5.73 Å². The topological polar surface area (TPSA) is 43.8 Å². The van der Waals surface area contributed by atoms with Crippen LogP contribution in [0, 0.1) is 2.88 Å². The van der Waals surface area contributed by atoms with Gasteiger partial charge in [-0.15, -0.1) is 11.3 Å². The fraction of sp³-hybridized carbons (Fsp3) is 0.364. The molecule has 0 saturated carbocycles. The van der Waals surface area contributed by atoms with Gasteiger partial charge in [-0.25, -0.2) is 0 Å². The Morgan fingerprint density at radius 3 is 3.00 bits per heavy atom. The highest BCUT2D eigenvalue weighted by molar-refractivity contribution is 14.1. The zero-order valence-corrected chi connectivity index (χ0v) is 12.0. The summed E-state index contributed by atoms with van der Waals surface area (Å²) >= 11 is 4.08. The van der Waals surface area contributed by atoms with E-state index in [2.05, 4.69) is 39.1 Å². The maximum atomic E-state index is 6.15. The van der Waals surface area contributed by atoms with E-state index < -0.39 is 0 Å². The molecule has 2 N–H and O–H groups in total. The van der Waals surface area contributed by atoms with Gasteiger partial charge in [0.15, 0.2) is 0 Å². The molecule has 0 radical (unpaired) electrons. The number of aryl methyl sites for hydroxylation is 2. The summed E-state index contributed by atoms with van der Waals surface area (Å²) in [4.78, 5) is 0. The minimum atomic E-state index is 0.134. The summed E-state index contributed by atoms with van der Waals surface area (Å²) in [6.07, 6.45) is 3.77. The molecule has 3 nitrogen and oxygen atoms in total. The fourth-order valence-corrected chi connectivity index (χ4v) is 3.07. The van der Waals surface area contributed by atoms with Gasteiger partial charge < -0.3 is 5.73 Å². The molecule has 0 amide bonds. The summed E-state index contributed by atoms with van der Waals surface area (Å²) in [6, 6.07) is 4.35. The van der Waals surface area contributed by atoms with Crippen molar-refractivity contribution in [2.24, 2.45) is 12.8 Å². The average molecular weight is 347 g/mol. The van der Waals surface area contributed by atoms with Crippen LogP contribution in [0.3, 0.4) is 0 Å². The molecule has 0 saturated heterocycles. The van der Waals surface area contributed by atoms with Gasteiger partial charge in [0.1, 0.15) is 0 Å². The molecule has 16 heavy (non-hydrogen) atoms. The summed E-state index contributed by atoms with van der Waals surface area (Å²) in [5.41, 5.74) is 8.63. The van der Waals surface area contributed by atoms with E-state index in [4.69, 9.17) is 5.73 Å². The van der Waals surface area contributed by atoms with E-state index in [1.807, 2.05) is 24.0 Å². The quantitative estimate of drug-likeness (QED) is 0.865. The van der Waals surface area contributed by atoms with E-state index in [-0.39, 0.29) is 6.04 Å². The number of halogens is 1. The number of nitrogens with zero attached hydrogens (tertiary/aromatic N) is 2. The van der Waals surface area contributed by atoms with Gasteiger partial charge in [-0.05, 0) is 58.5 Å². The molecule has 1 atom stereocenters. The molecule has 5 heteroatoms. The summed E-state index contributed by atoms with van der Waals surface area (Å²) in [6.45, 7) is 0. The summed E-state index contributed by atoms with van der Waals surface area (Å²) in [5.74, 6) is 0. The molecule has 2 rings (SSSR count). The Bertz CT molecular complexity index is 463. The Labute approximate surface area is 113 Å². The lowest BCUT2D eigenvalue weighted by Crippen LogP contribution is -2.11. The summed E-state index contributed by atoms with van der Waals surface area (Å²) in [7, 11) is 1.97.